The van der Waals surface area contributed by atoms with Crippen LogP contribution in [0.15, 0.2) is 24.3 Å². The van der Waals surface area contributed by atoms with Crippen LogP contribution >= 0.6 is 11.6 Å². The molecule has 0 aromatic heterocycles. The van der Waals surface area contributed by atoms with E-state index in [1.54, 1.807) is 0 Å². The van der Waals surface area contributed by atoms with E-state index in [0.717, 1.165) is 17.1 Å². The number of hydrogen-bond acceptors (Lipinski definition) is 2. The zero-order valence-electron chi connectivity index (χ0n) is 14.6. The van der Waals surface area contributed by atoms with Crippen LogP contribution in [-0.4, -0.2) is 28.0 Å². The fraction of sp³-hybridized carbons (Fsp3) is 0.632. The molecule has 0 bridgehead atoms. The van der Waals surface area contributed by atoms with E-state index in [4.69, 9.17) is 11.6 Å². The molecule has 1 aliphatic heterocycles. The second-order valence-corrected chi connectivity index (χ2v) is 8.25. The Morgan fingerprint density at radius 3 is 2.52 bits per heavy atom. The molecule has 2 fully saturated rings. The maximum atomic E-state index is 12.6. The molecular weight excluding hydrogens is 308 g/mol. The number of amides is 1. The molecule has 3 rings (SSSR count). The number of nitrogens with zero attached hydrogens (tertiary/aromatic N) is 2. The first-order chi connectivity index (χ1) is 10.8. The molecule has 1 aromatic carbocycles. The summed E-state index contributed by atoms with van der Waals surface area (Å²) in [5, 5.41) is 4.91. The molecule has 4 heteroatoms. The van der Waals surface area contributed by atoms with Crippen LogP contribution in [0.1, 0.15) is 52.5 Å². The largest absolute Gasteiger partial charge is 0.272 e. The van der Waals surface area contributed by atoms with Crippen molar-refractivity contribution in [3.8, 4) is 0 Å². The Hall–Kier alpha value is -1.06. The van der Waals surface area contributed by atoms with Gasteiger partial charge in [-0.25, -0.2) is 0 Å². The van der Waals surface area contributed by atoms with Gasteiger partial charge in [0.1, 0.15) is 5.54 Å². The van der Waals surface area contributed by atoms with E-state index >= 15 is 0 Å². The molecule has 0 radical (unpaired) electrons. The predicted octanol–water partition coefficient (Wildman–Crippen LogP) is 4.50. The third-order valence-electron chi connectivity index (χ3n) is 6.22. The van der Waals surface area contributed by atoms with Crippen molar-refractivity contribution in [1.82, 2.24) is 10.0 Å². The van der Waals surface area contributed by atoms with Crippen molar-refractivity contribution in [3.05, 3.63) is 34.9 Å². The van der Waals surface area contributed by atoms with Gasteiger partial charge in [-0.3, -0.25) is 9.80 Å². The molecule has 3 nitrogen and oxygen atoms in total. The van der Waals surface area contributed by atoms with Crippen LogP contribution in [0, 0.1) is 11.3 Å². The normalized spacial score (nSPS) is 30.0. The zero-order valence-corrected chi connectivity index (χ0v) is 15.4. The predicted molar refractivity (Wildman–Crippen MR) is 93.9 cm³/mol. The van der Waals surface area contributed by atoms with E-state index in [9.17, 15) is 4.79 Å². The molecule has 1 saturated heterocycles. The van der Waals surface area contributed by atoms with Crippen LogP contribution in [0.3, 0.4) is 0 Å². The third-order valence-corrected chi connectivity index (χ3v) is 6.59. The summed E-state index contributed by atoms with van der Waals surface area (Å²) >= 11 is 6.31. The van der Waals surface area contributed by atoms with Crippen LogP contribution in [0.4, 0.5) is 0 Å². The molecule has 0 N–H and O–H groups in total. The topological polar surface area (TPSA) is 23.6 Å². The lowest BCUT2D eigenvalue weighted by Gasteiger charge is -2.59. The van der Waals surface area contributed by atoms with Gasteiger partial charge in [0.2, 0.25) is 0 Å². The molecular formula is C19H27ClN2O. The van der Waals surface area contributed by atoms with Gasteiger partial charge < -0.3 is 0 Å². The van der Waals surface area contributed by atoms with Gasteiger partial charge in [-0.1, -0.05) is 50.1 Å². The molecule has 2 atom stereocenters. The number of carbonyl (C=O) groups excluding carboxylic acids is 1. The summed E-state index contributed by atoms with van der Waals surface area (Å²) in [7, 11) is 0. The maximum Gasteiger partial charge on any atom is 0.258 e. The van der Waals surface area contributed by atoms with Crippen molar-refractivity contribution in [2.45, 2.75) is 59.0 Å². The maximum absolute atomic E-state index is 12.6. The van der Waals surface area contributed by atoms with Gasteiger partial charge >= 0.3 is 0 Å². The van der Waals surface area contributed by atoms with E-state index in [2.05, 4.69) is 18.9 Å². The lowest BCUT2D eigenvalue weighted by Crippen LogP contribution is -2.75. The molecule has 1 saturated carbocycles. The van der Waals surface area contributed by atoms with Crippen LogP contribution in [-0.2, 0) is 11.3 Å². The monoisotopic (exact) mass is 334 g/mol. The van der Waals surface area contributed by atoms with Gasteiger partial charge in [0.05, 0.1) is 0 Å². The lowest BCUT2D eigenvalue weighted by molar-refractivity contribution is -0.226. The molecule has 1 aliphatic carbocycles. The van der Waals surface area contributed by atoms with Gasteiger partial charge in [0.15, 0.2) is 0 Å². The second kappa shape index (κ2) is 5.78. The molecule has 1 amide bonds. The minimum absolute atomic E-state index is 0.231. The van der Waals surface area contributed by atoms with Crippen LogP contribution in [0.2, 0.25) is 5.02 Å². The molecule has 0 spiro atoms. The molecule has 126 valence electrons. The number of rotatable bonds is 5. The minimum atomic E-state index is -0.439. The average Bonchev–Trinajstić information content (AvgIpc) is 2.53. The van der Waals surface area contributed by atoms with Crippen molar-refractivity contribution >= 4 is 17.5 Å². The molecule has 2 unspecified atom stereocenters. The lowest BCUT2D eigenvalue weighted by atomic mass is 9.59. The average molecular weight is 335 g/mol. The first kappa shape index (κ1) is 16.8. The summed E-state index contributed by atoms with van der Waals surface area (Å²) in [6, 6.07) is 7.89. The fourth-order valence-corrected chi connectivity index (χ4v) is 4.07. The summed E-state index contributed by atoms with van der Waals surface area (Å²) in [4.78, 5) is 12.6. The smallest absolute Gasteiger partial charge is 0.258 e. The zero-order chi connectivity index (χ0) is 16.8. The Bertz CT molecular complexity index is 611. The summed E-state index contributed by atoms with van der Waals surface area (Å²) in [5.74, 6) is 0.844. The third kappa shape index (κ3) is 2.68. The standard InChI is InChI=1S/C19H27ClN2O/c1-5-19(4)11-10-15(19)13-21-17(23)18(2,3)22(21)12-14-8-6-7-9-16(14)20/h6-9,15H,5,10-13H2,1-4H3. The number of carbonyl (C=O) groups is 1. The Morgan fingerprint density at radius 1 is 1.26 bits per heavy atom. The summed E-state index contributed by atoms with van der Waals surface area (Å²) in [6.45, 7) is 10.2. The number of hydrogen-bond donors (Lipinski definition) is 0. The van der Waals surface area contributed by atoms with Crippen molar-refractivity contribution in [2.75, 3.05) is 6.54 Å². The highest BCUT2D eigenvalue weighted by Gasteiger charge is 2.54. The van der Waals surface area contributed by atoms with Crippen LogP contribution in [0.5, 0.6) is 0 Å². The first-order valence-electron chi connectivity index (χ1n) is 8.62. The highest BCUT2D eigenvalue weighted by molar-refractivity contribution is 6.31. The SMILES string of the molecule is CCC1(C)CCC1CN1C(=O)C(C)(C)N1Cc1ccccc1Cl. The summed E-state index contributed by atoms with van der Waals surface area (Å²) < 4.78 is 0. The number of hydrazine groups is 1. The van der Waals surface area contributed by atoms with Crippen LogP contribution in [0.25, 0.3) is 0 Å². The van der Waals surface area contributed by atoms with E-state index in [-0.39, 0.29) is 5.91 Å². The van der Waals surface area contributed by atoms with Crippen molar-refractivity contribution in [1.29, 1.82) is 0 Å². The van der Waals surface area contributed by atoms with Crippen LogP contribution < -0.4 is 0 Å². The molecule has 2 aliphatic rings. The van der Waals surface area contributed by atoms with Crippen molar-refractivity contribution in [2.24, 2.45) is 11.3 Å². The quantitative estimate of drug-likeness (QED) is 0.791. The first-order valence-corrected chi connectivity index (χ1v) is 9.00. The van der Waals surface area contributed by atoms with Gasteiger partial charge in [0.25, 0.3) is 5.91 Å². The fourth-order valence-electron chi connectivity index (χ4n) is 3.87. The molecule has 1 aromatic rings. The highest BCUT2D eigenvalue weighted by Crippen LogP contribution is 2.50. The van der Waals surface area contributed by atoms with Crippen molar-refractivity contribution < 1.29 is 4.79 Å². The second-order valence-electron chi connectivity index (χ2n) is 7.84. The molecule has 23 heavy (non-hydrogen) atoms. The van der Waals surface area contributed by atoms with Gasteiger partial charge in [0, 0.05) is 18.1 Å². The van der Waals surface area contributed by atoms with Gasteiger partial charge in [-0.05, 0) is 49.7 Å². The Balaban J connectivity index is 1.74. The number of benzene rings is 1. The van der Waals surface area contributed by atoms with Gasteiger partial charge in [-0.2, -0.15) is 5.01 Å². The van der Waals surface area contributed by atoms with Gasteiger partial charge in [-0.15, -0.1) is 0 Å². The van der Waals surface area contributed by atoms with E-state index in [0.29, 0.717) is 17.9 Å². The summed E-state index contributed by atoms with van der Waals surface area (Å²) in [5.41, 5.74) is 1.04. The van der Waals surface area contributed by atoms with Crippen molar-refractivity contribution in [3.63, 3.8) is 0 Å². The Labute approximate surface area is 144 Å². The molecule has 1 heterocycles. The Kier molecular flexibility index (Phi) is 4.22. The minimum Gasteiger partial charge on any atom is -0.272 e. The van der Waals surface area contributed by atoms with E-state index < -0.39 is 5.54 Å². The number of halogens is 1. The summed E-state index contributed by atoms with van der Waals surface area (Å²) in [6.07, 6.45) is 3.70. The Morgan fingerprint density at radius 2 is 1.96 bits per heavy atom. The van der Waals surface area contributed by atoms with E-state index in [1.165, 1.54) is 19.3 Å². The highest BCUT2D eigenvalue weighted by atomic mass is 35.5. The van der Waals surface area contributed by atoms with E-state index in [1.807, 2.05) is 43.1 Å².